The fourth-order valence-electron chi connectivity index (χ4n) is 4.85. The summed E-state index contributed by atoms with van der Waals surface area (Å²) < 4.78 is 1.74. The minimum atomic E-state index is -1.04. The van der Waals surface area contributed by atoms with Crippen molar-refractivity contribution in [3.8, 4) is 5.69 Å². The van der Waals surface area contributed by atoms with E-state index < -0.39 is 5.41 Å². The zero-order valence-electron chi connectivity index (χ0n) is 18.3. The molecule has 2 aliphatic rings. The van der Waals surface area contributed by atoms with E-state index >= 15 is 0 Å². The number of amides is 2. The van der Waals surface area contributed by atoms with Crippen LogP contribution in [0.2, 0.25) is 0 Å². The molecule has 2 aromatic carbocycles. The summed E-state index contributed by atoms with van der Waals surface area (Å²) in [7, 11) is 0. The second kappa shape index (κ2) is 6.80. The second-order valence-corrected chi connectivity index (χ2v) is 9.04. The SMILES string of the molecule is Cc1ccc(-n2ncc3c2NC(=O)C[C@@]32C(=O)N(CC(C)C)c3ccccc32)cc1C. The number of aromatic nitrogens is 2. The van der Waals surface area contributed by atoms with Gasteiger partial charge < -0.3 is 10.2 Å². The first-order valence-corrected chi connectivity index (χ1v) is 10.7. The second-order valence-electron chi connectivity index (χ2n) is 9.04. The average Bonchev–Trinajstić information content (AvgIpc) is 3.25. The van der Waals surface area contributed by atoms with Crippen LogP contribution in [0.15, 0.2) is 48.7 Å². The lowest BCUT2D eigenvalue weighted by atomic mass is 9.72. The highest BCUT2D eigenvalue weighted by atomic mass is 16.2. The highest BCUT2D eigenvalue weighted by Crippen LogP contribution is 2.52. The maximum absolute atomic E-state index is 13.9. The highest BCUT2D eigenvalue weighted by molar-refractivity contribution is 6.15. The van der Waals surface area contributed by atoms with Gasteiger partial charge in [-0.1, -0.05) is 38.1 Å². The molecule has 0 saturated heterocycles. The van der Waals surface area contributed by atoms with E-state index in [0.717, 1.165) is 28.1 Å². The molecule has 1 spiro atoms. The third kappa shape index (κ3) is 2.74. The van der Waals surface area contributed by atoms with Gasteiger partial charge >= 0.3 is 0 Å². The molecule has 0 aliphatic carbocycles. The Bertz CT molecular complexity index is 1230. The molecule has 3 aromatic rings. The lowest BCUT2D eigenvalue weighted by molar-refractivity contribution is -0.126. The third-order valence-corrected chi connectivity index (χ3v) is 6.46. The van der Waals surface area contributed by atoms with E-state index in [4.69, 9.17) is 0 Å². The molecule has 0 radical (unpaired) electrons. The first-order chi connectivity index (χ1) is 14.8. The van der Waals surface area contributed by atoms with Crippen LogP contribution in [-0.4, -0.2) is 28.1 Å². The fourth-order valence-corrected chi connectivity index (χ4v) is 4.85. The standard InChI is InChI=1S/C25H26N4O2/c1-15(2)14-28-21-8-6-5-7-19(21)25(24(28)31)12-22(30)27-23-20(25)13-26-29(23)18-10-9-16(3)17(4)11-18/h5-11,13,15H,12,14H2,1-4H3,(H,27,30)/t25-/m0/s1. The normalized spacial score (nSPS) is 19.7. The number of carbonyl (C=O) groups is 2. The first-order valence-electron chi connectivity index (χ1n) is 10.7. The number of rotatable bonds is 3. The molecule has 158 valence electrons. The zero-order chi connectivity index (χ0) is 21.9. The Kier molecular flexibility index (Phi) is 4.29. The number of hydrogen-bond donors (Lipinski definition) is 1. The summed E-state index contributed by atoms with van der Waals surface area (Å²) in [5, 5.41) is 7.61. The molecule has 0 unspecified atom stereocenters. The Morgan fingerprint density at radius 1 is 1.06 bits per heavy atom. The Balaban J connectivity index is 1.73. The third-order valence-electron chi connectivity index (χ3n) is 6.46. The lowest BCUT2D eigenvalue weighted by Gasteiger charge is -2.32. The van der Waals surface area contributed by atoms with Gasteiger partial charge in [-0.15, -0.1) is 0 Å². The fraction of sp³-hybridized carbons (Fsp3) is 0.320. The van der Waals surface area contributed by atoms with E-state index in [1.165, 1.54) is 5.56 Å². The predicted octanol–water partition coefficient (Wildman–Crippen LogP) is 4.12. The van der Waals surface area contributed by atoms with E-state index in [-0.39, 0.29) is 18.2 Å². The van der Waals surface area contributed by atoms with Crippen LogP contribution in [0.1, 0.15) is 42.5 Å². The van der Waals surface area contributed by atoms with Crippen LogP contribution in [0, 0.1) is 19.8 Å². The summed E-state index contributed by atoms with van der Waals surface area (Å²) in [5.74, 6) is 0.669. The smallest absolute Gasteiger partial charge is 0.242 e. The monoisotopic (exact) mass is 414 g/mol. The molecule has 1 atom stereocenters. The maximum atomic E-state index is 13.9. The summed E-state index contributed by atoms with van der Waals surface area (Å²) in [6.45, 7) is 8.91. The quantitative estimate of drug-likeness (QED) is 0.701. The zero-order valence-corrected chi connectivity index (χ0v) is 18.3. The number of fused-ring (bicyclic) bond motifs is 4. The molecule has 0 bridgehead atoms. The van der Waals surface area contributed by atoms with Crippen molar-refractivity contribution in [3.63, 3.8) is 0 Å². The number of para-hydroxylation sites is 1. The molecule has 6 nitrogen and oxygen atoms in total. The van der Waals surface area contributed by atoms with Crippen molar-refractivity contribution in [2.75, 3.05) is 16.8 Å². The molecular weight excluding hydrogens is 388 g/mol. The van der Waals surface area contributed by atoms with Crippen molar-refractivity contribution in [2.45, 2.75) is 39.5 Å². The Labute approximate surface area is 181 Å². The summed E-state index contributed by atoms with van der Waals surface area (Å²) in [5.41, 5.74) is 4.69. The van der Waals surface area contributed by atoms with Gasteiger partial charge in [0.15, 0.2) is 0 Å². The molecule has 31 heavy (non-hydrogen) atoms. The lowest BCUT2D eigenvalue weighted by Crippen LogP contribution is -2.47. The van der Waals surface area contributed by atoms with E-state index in [0.29, 0.717) is 18.3 Å². The molecule has 1 N–H and O–H groups in total. The van der Waals surface area contributed by atoms with Crippen molar-refractivity contribution >= 4 is 23.3 Å². The van der Waals surface area contributed by atoms with Gasteiger partial charge in [0.25, 0.3) is 0 Å². The molecule has 1 aromatic heterocycles. The van der Waals surface area contributed by atoms with Crippen LogP contribution >= 0.6 is 0 Å². The van der Waals surface area contributed by atoms with E-state index in [2.05, 4.69) is 38.1 Å². The van der Waals surface area contributed by atoms with Crippen molar-refractivity contribution in [1.29, 1.82) is 0 Å². The number of carbonyl (C=O) groups excluding carboxylic acids is 2. The average molecular weight is 415 g/mol. The van der Waals surface area contributed by atoms with Crippen LogP contribution in [-0.2, 0) is 15.0 Å². The Hall–Kier alpha value is -3.41. The minimum absolute atomic E-state index is 0.0434. The van der Waals surface area contributed by atoms with Crippen LogP contribution in [0.25, 0.3) is 5.69 Å². The molecule has 0 fully saturated rings. The Morgan fingerprint density at radius 2 is 1.84 bits per heavy atom. The molecule has 3 heterocycles. The molecule has 2 amide bonds. The Morgan fingerprint density at radius 3 is 2.58 bits per heavy atom. The van der Waals surface area contributed by atoms with Gasteiger partial charge in [0.1, 0.15) is 11.2 Å². The van der Waals surface area contributed by atoms with Gasteiger partial charge in [-0.25, -0.2) is 4.68 Å². The minimum Gasteiger partial charge on any atom is -0.311 e. The number of benzene rings is 2. The summed E-state index contributed by atoms with van der Waals surface area (Å²) >= 11 is 0. The number of anilines is 2. The summed E-state index contributed by atoms with van der Waals surface area (Å²) in [6, 6.07) is 13.9. The largest absolute Gasteiger partial charge is 0.311 e. The van der Waals surface area contributed by atoms with Gasteiger partial charge in [-0.2, -0.15) is 5.10 Å². The number of aryl methyl sites for hydroxylation is 2. The van der Waals surface area contributed by atoms with Gasteiger partial charge in [0.05, 0.1) is 11.9 Å². The molecule has 5 rings (SSSR count). The van der Waals surface area contributed by atoms with Crippen molar-refractivity contribution in [3.05, 3.63) is 70.9 Å². The van der Waals surface area contributed by atoms with Gasteiger partial charge in [-0.05, 0) is 54.7 Å². The van der Waals surface area contributed by atoms with Gasteiger partial charge in [0, 0.05) is 24.2 Å². The number of nitrogens with zero attached hydrogens (tertiary/aromatic N) is 3. The topological polar surface area (TPSA) is 67.2 Å². The molecular formula is C25H26N4O2. The summed E-state index contributed by atoms with van der Waals surface area (Å²) in [4.78, 5) is 28.7. The molecule has 2 aliphatic heterocycles. The predicted molar refractivity (Wildman–Crippen MR) is 121 cm³/mol. The van der Waals surface area contributed by atoms with Crippen molar-refractivity contribution in [1.82, 2.24) is 9.78 Å². The number of nitrogens with one attached hydrogen (secondary N) is 1. The summed E-state index contributed by atoms with van der Waals surface area (Å²) in [6.07, 6.45) is 1.83. The first kappa shape index (κ1) is 19.5. The van der Waals surface area contributed by atoms with Crippen molar-refractivity contribution < 1.29 is 9.59 Å². The van der Waals surface area contributed by atoms with Crippen LogP contribution in [0.4, 0.5) is 11.5 Å². The van der Waals surface area contributed by atoms with Crippen LogP contribution < -0.4 is 10.2 Å². The van der Waals surface area contributed by atoms with Gasteiger partial charge in [-0.3, -0.25) is 9.59 Å². The highest BCUT2D eigenvalue weighted by Gasteiger charge is 2.57. The number of hydrogen-bond acceptors (Lipinski definition) is 3. The van der Waals surface area contributed by atoms with Crippen molar-refractivity contribution in [2.24, 2.45) is 5.92 Å². The van der Waals surface area contributed by atoms with Crippen LogP contribution in [0.5, 0.6) is 0 Å². The van der Waals surface area contributed by atoms with E-state index in [9.17, 15) is 9.59 Å². The molecule has 6 heteroatoms. The van der Waals surface area contributed by atoms with Crippen LogP contribution in [0.3, 0.4) is 0 Å². The van der Waals surface area contributed by atoms with E-state index in [1.54, 1.807) is 10.9 Å². The molecule has 0 saturated carbocycles. The van der Waals surface area contributed by atoms with Gasteiger partial charge in [0.2, 0.25) is 11.8 Å². The maximum Gasteiger partial charge on any atom is 0.242 e. The van der Waals surface area contributed by atoms with E-state index in [1.807, 2.05) is 47.4 Å².